The van der Waals surface area contributed by atoms with Crippen LogP contribution in [0, 0.1) is 0 Å². The molecule has 0 spiro atoms. The fourth-order valence-electron chi connectivity index (χ4n) is 3.06. The van der Waals surface area contributed by atoms with Crippen molar-refractivity contribution >= 4 is 28.9 Å². The molecule has 138 valence electrons. The van der Waals surface area contributed by atoms with Crippen LogP contribution in [0.2, 0.25) is 0 Å². The standard InChI is InChI=1S/C20H30NO2PS/c1-7-24(22,8-2)20(6,21-25(23)19(3,4)5)18-14-13-16-11-9-10-12-17(16)15-18/h9-15,21H,7-8H2,1-6H3/t20-,25-/m0/s1. The molecule has 3 nitrogen and oxygen atoms in total. The van der Waals surface area contributed by atoms with Gasteiger partial charge in [-0.2, -0.15) is 0 Å². The lowest BCUT2D eigenvalue weighted by Gasteiger charge is -2.39. The van der Waals surface area contributed by atoms with Gasteiger partial charge in [-0.15, -0.1) is 0 Å². The normalized spacial score (nSPS) is 16.6. The van der Waals surface area contributed by atoms with E-state index in [2.05, 4.69) is 29.0 Å². The summed E-state index contributed by atoms with van der Waals surface area (Å²) in [4.78, 5) is 0. The molecule has 0 bridgehead atoms. The van der Waals surface area contributed by atoms with Crippen molar-refractivity contribution < 1.29 is 8.77 Å². The van der Waals surface area contributed by atoms with Crippen LogP contribution in [0.1, 0.15) is 47.1 Å². The smallest absolute Gasteiger partial charge is 0.111 e. The number of nitrogens with one attached hydrogen (secondary N) is 1. The summed E-state index contributed by atoms with van der Waals surface area (Å²) in [5.41, 5.74) is 0.941. The maximum atomic E-state index is 13.8. The molecule has 0 fully saturated rings. The van der Waals surface area contributed by atoms with E-state index in [1.54, 1.807) is 0 Å². The van der Waals surface area contributed by atoms with Gasteiger partial charge in [-0.25, -0.2) is 8.93 Å². The average Bonchev–Trinajstić information content (AvgIpc) is 2.59. The summed E-state index contributed by atoms with van der Waals surface area (Å²) in [5.74, 6) is 0. The second-order valence-corrected chi connectivity index (χ2v) is 13.5. The van der Waals surface area contributed by atoms with E-state index in [-0.39, 0.29) is 0 Å². The van der Waals surface area contributed by atoms with Crippen LogP contribution in [-0.4, -0.2) is 21.3 Å². The average molecular weight is 380 g/mol. The molecule has 0 heterocycles. The van der Waals surface area contributed by atoms with Crippen molar-refractivity contribution in [2.45, 2.75) is 51.6 Å². The zero-order valence-electron chi connectivity index (χ0n) is 16.1. The summed E-state index contributed by atoms with van der Waals surface area (Å²) in [6.45, 7) is 11.7. The maximum Gasteiger partial charge on any atom is 0.111 e. The van der Waals surface area contributed by atoms with Crippen LogP contribution in [0.4, 0.5) is 0 Å². The molecule has 0 aliphatic carbocycles. The van der Waals surface area contributed by atoms with E-state index in [1.165, 1.54) is 0 Å². The highest BCUT2D eigenvalue weighted by Gasteiger charge is 2.45. The van der Waals surface area contributed by atoms with E-state index in [0.717, 1.165) is 16.3 Å². The number of hydrogen-bond acceptors (Lipinski definition) is 2. The summed E-state index contributed by atoms with van der Waals surface area (Å²) in [5, 5.41) is 1.43. The summed E-state index contributed by atoms with van der Waals surface area (Å²) in [6, 6.07) is 14.3. The molecular formula is C20H30NO2PS. The van der Waals surface area contributed by atoms with Crippen molar-refractivity contribution in [1.29, 1.82) is 0 Å². The second-order valence-electron chi connectivity index (χ2n) is 7.64. The number of hydrogen-bond donors (Lipinski definition) is 1. The minimum absolute atomic E-state index is 0.426. The summed E-state index contributed by atoms with van der Waals surface area (Å²) in [6.07, 6.45) is 1.14. The molecule has 2 aromatic rings. The van der Waals surface area contributed by atoms with Gasteiger partial charge in [0.05, 0.1) is 15.7 Å². The monoisotopic (exact) mass is 379 g/mol. The van der Waals surface area contributed by atoms with Crippen molar-refractivity contribution in [1.82, 2.24) is 4.72 Å². The van der Waals surface area contributed by atoms with E-state index in [0.29, 0.717) is 12.3 Å². The van der Waals surface area contributed by atoms with Crippen molar-refractivity contribution in [2.75, 3.05) is 12.3 Å². The Morgan fingerprint density at radius 2 is 1.52 bits per heavy atom. The van der Waals surface area contributed by atoms with Gasteiger partial charge in [0, 0.05) is 12.3 Å². The largest absolute Gasteiger partial charge is 0.321 e. The summed E-state index contributed by atoms with van der Waals surface area (Å²) in [7, 11) is -3.94. The fourth-order valence-corrected chi connectivity index (χ4v) is 7.08. The van der Waals surface area contributed by atoms with Gasteiger partial charge in [0.1, 0.15) is 12.4 Å². The Kier molecular flexibility index (Phi) is 5.98. The van der Waals surface area contributed by atoms with Crippen molar-refractivity contribution in [3.05, 3.63) is 48.0 Å². The molecule has 0 aliphatic rings. The van der Waals surface area contributed by atoms with E-state index in [1.807, 2.05) is 59.7 Å². The Morgan fingerprint density at radius 3 is 2.04 bits per heavy atom. The van der Waals surface area contributed by atoms with Gasteiger partial charge in [0.25, 0.3) is 0 Å². The molecule has 2 rings (SSSR count). The number of fused-ring (bicyclic) bond motifs is 1. The first kappa shape index (κ1) is 20.4. The van der Waals surface area contributed by atoms with Crippen LogP contribution < -0.4 is 4.72 Å². The lowest BCUT2D eigenvalue weighted by molar-refractivity contribution is 0.515. The lowest BCUT2D eigenvalue weighted by atomic mass is 10.0. The topological polar surface area (TPSA) is 46.2 Å². The van der Waals surface area contributed by atoms with Crippen LogP contribution in [0.25, 0.3) is 10.8 Å². The van der Waals surface area contributed by atoms with Gasteiger partial charge < -0.3 is 4.57 Å². The molecule has 2 atom stereocenters. The molecule has 0 saturated carbocycles. The van der Waals surface area contributed by atoms with Crippen LogP contribution in [0.5, 0.6) is 0 Å². The quantitative estimate of drug-likeness (QED) is 0.677. The van der Waals surface area contributed by atoms with Crippen molar-refractivity contribution in [3.63, 3.8) is 0 Å². The Morgan fingerprint density at radius 1 is 0.960 bits per heavy atom. The predicted molar refractivity (Wildman–Crippen MR) is 111 cm³/mol. The van der Waals surface area contributed by atoms with Crippen LogP contribution >= 0.6 is 7.14 Å². The predicted octanol–water partition coefficient (Wildman–Crippen LogP) is 5.47. The highest BCUT2D eigenvalue weighted by Crippen LogP contribution is 2.61. The number of rotatable bonds is 6. The summed E-state index contributed by atoms with van der Waals surface area (Å²) >= 11 is 0. The molecule has 2 aromatic carbocycles. The minimum atomic E-state index is -2.63. The SMILES string of the molecule is CCP(=O)(CC)[C@](C)(N[S@@](=O)C(C)(C)C)c1ccc2ccccc2c1. The van der Waals surface area contributed by atoms with Gasteiger partial charge in [-0.05, 0) is 50.1 Å². The van der Waals surface area contributed by atoms with Gasteiger partial charge in [-0.3, -0.25) is 0 Å². The molecule has 0 unspecified atom stereocenters. The molecule has 0 saturated heterocycles. The van der Waals surface area contributed by atoms with Crippen LogP contribution in [0.15, 0.2) is 42.5 Å². The first-order valence-corrected chi connectivity index (χ1v) is 12.1. The van der Waals surface area contributed by atoms with E-state index < -0.39 is 28.2 Å². The first-order chi connectivity index (χ1) is 11.6. The zero-order valence-corrected chi connectivity index (χ0v) is 17.8. The molecule has 0 aromatic heterocycles. The van der Waals surface area contributed by atoms with Gasteiger partial charge in [0.15, 0.2) is 0 Å². The highest BCUT2D eigenvalue weighted by molar-refractivity contribution is 7.85. The Labute approximate surface area is 154 Å². The molecule has 0 aliphatic heterocycles. The second kappa shape index (κ2) is 7.34. The molecule has 0 amide bonds. The van der Waals surface area contributed by atoms with Gasteiger partial charge >= 0.3 is 0 Å². The third kappa shape index (κ3) is 3.92. The Bertz CT molecular complexity index is 820. The third-order valence-electron chi connectivity index (χ3n) is 5.00. The maximum absolute atomic E-state index is 13.8. The van der Waals surface area contributed by atoms with Gasteiger partial charge in [0.2, 0.25) is 0 Å². The third-order valence-corrected chi connectivity index (χ3v) is 10.9. The lowest BCUT2D eigenvalue weighted by Crippen LogP contribution is -2.46. The van der Waals surface area contributed by atoms with E-state index in [4.69, 9.17) is 0 Å². The molecule has 0 radical (unpaired) electrons. The van der Waals surface area contributed by atoms with E-state index >= 15 is 0 Å². The number of benzene rings is 2. The van der Waals surface area contributed by atoms with Crippen LogP contribution in [-0.2, 0) is 20.8 Å². The van der Waals surface area contributed by atoms with Crippen molar-refractivity contribution in [3.8, 4) is 0 Å². The summed E-state index contributed by atoms with van der Waals surface area (Å²) < 4.78 is 29.5. The Hall–Kier alpha value is -0.960. The highest BCUT2D eigenvalue weighted by atomic mass is 32.2. The molecular weight excluding hydrogens is 349 g/mol. The Balaban J connectivity index is 2.64. The van der Waals surface area contributed by atoms with Crippen molar-refractivity contribution in [2.24, 2.45) is 0 Å². The zero-order chi connectivity index (χ0) is 18.9. The fraction of sp³-hybridized carbons (Fsp3) is 0.500. The molecule has 5 heteroatoms. The minimum Gasteiger partial charge on any atom is -0.321 e. The van der Waals surface area contributed by atoms with Crippen LogP contribution in [0.3, 0.4) is 0 Å². The molecule has 1 N–H and O–H groups in total. The van der Waals surface area contributed by atoms with Gasteiger partial charge in [-0.1, -0.05) is 50.2 Å². The first-order valence-electron chi connectivity index (χ1n) is 8.84. The molecule has 25 heavy (non-hydrogen) atoms. The van der Waals surface area contributed by atoms with E-state index in [9.17, 15) is 8.77 Å².